The predicted molar refractivity (Wildman–Crippen MR) is 88.5 cm³/mol. The van der Waals surface area contributed by atoms with Crippen molar-refractivity contribution in [2.45, 2.75) is 38.3 Å². The number of carbonyl (C=O) groups is 1. The van der Waals surface area contributed by atoms with Crippen molar-refractivity contribution in [3.63, 3.8) is 0 Å². The van der Waals surface area contributed by atoms with E-state index in [9.17, 15) is 4.79 Å². The van der Waals surface area contributed by atoms with Gasteiger partial charge in [-0.15, -0.1) is 0 Å². The molecule has 2 unspecified atom stereocenters. The Morgan fingerprint density at radius 2 is 2.10 bits per heavy atom. The van der Waals surface area contributed by atoms with Crippen LogP contribution in [0.4, 0.5) is 0 Å². The molecule has 0 saturated carbocycles. The first-order valence-electron chi connectivity index (χ1n) is 7.91. The highest BCUT2D eigenvalue weighted by Crippen LogP contribution is 2.32. The Labute approximate surface area is 135 Å². The summed E-state index contributed by atoms with van der Waals surface area (Å²) in [6.07, 6.45) is 4.76. The largest absolute Gasteiger partial charge is 0.301 e. The number of likely N-dealkylation sites (tertiary alicyclic amines) is 1. The van der Waals surface area contributed by atoms with Crippen LogP contribution < -0.4 is 0 Å². The number of hydrogen-bond donors (Lipinski definition) is 0. The van der Waals surface area contributed by atoms with Gasteiger partial charge in [-0.25, -0.2) is 0 Å². The Morgan fingerprint density at radius 3 is 2.81 bits per heavy atom. The number of carbonyl (C=O) groups excluding carboxylic acids is 1. The van der Waals surface area contributed by atoms with Gasteiger partial charge in [0.05, 0.1) is 6.04 Å². The number of rotatable bonds is 4. The first kappa shape index (κ1) is 15.2. The van der Waals surface area contributed by atoms with Crippen molar-refractivity contribution >= 4 is 22.2 Å². The second-order valence-corrected chi connectivity index (χ2v) is 7.06. The summed E-state index contributed by atoms with van der Waals surface area (Å²) in [6, 6.07) is 6.83. The SMILES string of the molecule is CC1CCCN1CCN1CCc2c(Br)cccc2C1C=O. The number of nitrogens with zero attached hydrogens (tertiary/aromatic N) is 2. The molecule has 0 radical (unpaired) electrons. The smallest absolute Gasteiger partial charge is 0.141 e. The fourth-order valence-electron chi connectivity index (χ4n) is 3.70. The van der Waals surface area contributed by atoms with Gasteiger partial charge in [0.1, 0.15) is 6.29 Å². The lowest BCUT2D eigenvalue weighted by atomic mass is 9.93. The minimum Gasteiger partial charge on any atom is -0.301 e. The molecule has 1 fully saturated rings. The van der Waals surface area contributed by atoms with Crippen LogP contribution in [-0.4, -0.2) is 48.3 Å². The Bertz CT molecular complexity index is 520. The van der Waals surface area contributed by atoms with Crippen LogP contribution in [0.25, 0.3) is 0 Å². The van der Waals surface area contributed by atoms with Crippen molar-refractivity contribution in [1.82, 2.24) is 9.80 Å². The molecule has 0 N–H and O–H groups in total. The fraction of sp³-hybridized carbons (Fsp3) is 0.588. The first-order chi connectivity index (χ1) is 10.2. The zero-order valence-electron chi connectivity index (χ0n) is 12.6. The average Bonchev–Trinajstić information content (AvgIpc) is 2.90. The summed E-state index contributed by atoms with van der Waals surface area (Å²) in [4.78, 5) is 16.5. The standard InChI is InChI=1S/C17H23BrN2O/c1-13-4-3-8-19(13)10-11-20-9-7-14-15(17(20)12-21)5-2-6-16(14)18/h2,5-6,12-13,17H,3-4,7-11H2,1H3. The molecular weight excluding hydrogens is 328 g/mol. The van der Waals surface area contributed by atoms with Gasteiger partial charge in [0.15, 0.2) is 0 Å². The topological polar surface area (TPSA) is 23.6 Å². The summed E-state index contributed by atoms with van der Waals surface area (Å²) in [5, 5.41) is 0. The number of aldehydes is 1. The molecule has 114 valence electrons. The van der Waals surface area contributed by atoms with E-state index in [4.69, 9.17) is 0 Å². The predicted octanol–water partition coefficient (Wildman–Crippen LogP) is 3.03. The van der Waals surface area contributed by atoms with E-state index in [2.05, 4.69) is 44.8 Å². The van der Waals surface area contributed by atoms with Gasteiger partial charge in [0.2, 0.25) is 0 Å². The van der Waals surface area contributed by atoms with Crippen LogP contribution in [0.2, 0.25) is 0 Å². The van der Waals surface area contributed by atoms with Crippen molar-refractivity contribution in [2.24, 2.45) is 0 Å². The van der Waals surface area contributed by atoms with E-state index in [0.717, 1.165) is 36.8 Å². The van der Waals surface area contributed by atoms with E-state index in [1.54, 1.807) is 0 Å². The highest BCUT2D eigenvalue weighted by atomic mass is 79.9. The van der Waals surface area contributed by atoms with E-state index >= 15 is 0 Å². The van der Waals surface area contributed by atoms with Gasteiger partial charge in [-0.05, 0) is 49.9 Å². The minimum atomic E-state index is -0.0795. The summed E-state index contributed by atoms with van der Waals surface area (Å²) in [7, 11) is 0. The summed E-state index contributed by atoms with van der Waals surface area (Å²) >= 11 is 3.62. The van der Waals surface area contributed by atoms with Crippen LogP contribution in [-0.2, 0) is 11.2 Å². The van der Waals surface area contributed by atoms with Crippen molar-refractivity contribution in [1.29, 1.82) is 0 Å². The molecule has 3 rings (SSSR count). The van der Waals surface area contributed by atoms with E-state index in [-0.39, 0.29) is 6.04 Å². The van der Waals surface area contributed by atoms with E-state index in [1.165, 1.54) is 30.5 Å². The quantitative estimate of drug-likeness (QED) is 0.779. The summed E-state index contributed by atoms with van der Waals surface area (Å²) in [5.74, 6) is 0. The normalized spacial score (nSPS) is 26.8. The molecular formula is C17H23BrN2O. The fourth-order valence-corrected chi connectivity index (χ4v) is 4.28. The summed E-state index contributed by atoms with van der Waals surface area (Å²) < 4.78 is 1.14. The molecule has 4 heteroatoms. The molecule has 21 heavy (non-hydrogen) atoms. The number of halogens is 1. The lowest BCUT2D eigenvalue weighted by Gasteiger charge is -2.36. The van der Waals surface area contributed by atoms with Gasteiger partial charge in [0, 0.05) is 30.1 Å². The molecule has 1 aromatic rings. The van der Waals surface area contributed by atoms with E-state index < -0.39 is 0 Å². The molecule has 2 heterocycles. The van der Waals surface area contributed by atoms with Gasteiger partial charge in [-0.3, -0.25) is 9.80 Å². The van der Waals surface area contributed by atoms with Gasteiger partial charge in [-0.1, -0.05) is 28.1 Å². The first-order valence-corrected chi connectivity index (χ1v) is 8.70. The van der Waals surface area contributed by atoms with Crippen LogP contribution in [0.1, 0.15) is 36.9 Å². The summed E-state index contributed by atoms with van der Waals surface area (Å²) in [6.45, 7) is 6.56. The molecule has 2 atom stereocenters. The lowest BCUT2D eigenvalue weighted by Crippen LogP contribution is -2.42. The van der Waals surface area contributed by atoms with Gasteiger partial charge in [0.25, 0.3) is 0 Å². The Morgan fingerprint density at radius 1 is 1.29 bits per heavy atom. The van der Waals surface area contributed by atoms with Gasteiger partial charge in [-0.2, -0.15) is 0 Å². The number of fused-ring (bicyclic) bond motifs is 1. The van der Waals surface area contributed by atoms with Gasteiger partial charge >= 0.3 is 0 Å². The van der Waals surface area contributed by atoms with Crippen LogP contribution >= 0.6 is 15.9 Å². The Kier molecular flexibility index (Phi) is 4.77. The molecule has 1 saturated heterocycles. The maximum atomic E-state index is 11.6. The highest BCUT2D eigenvalue weighted by molar-refractivity contribution is 9.10. The van der Waals surface area contributed by atoms with E-state index in [1.807, 2.05) is 6.07 Å². The van der Waals surface area contributed by atoms with Crippen LogP contribution in [0, 0.1) is 0 Å². The summed E-state index contributed by atoms with van der Waals surface area (Å²) in [5.41, 5.74) is 2.49. The maximum Gasteiger partial charge on any atom is 0.141 e. The average molecular weight is 351 g/mol. The van der Waals surface area contributed by atoms with Crippen molar-refractivity contribution in [3.05, 3.63) is 33.8 Å². The third-order valence-electron chi connectivity index (χ3n) is 5.01. The highest BCUT2D eigenvalue weighted by Gasteiger charge is 2.29. The number of hydrogen-bond acceptors (Lipinski definition) is 3. The van der Waals surface area contributed by atoms with Crippen LogP contribution in [0.5, 0.6) is 0 Å². The molecule has 3 nitrogen and oxygen atoms in total. The monoisotopic (exact) mass is 350 g/mol. The lowest BCUT2D eigenvalue weighted by molar-refractivity contribution is -0.113. The molecule has 0 bridgehead atoms. The third kappa shape index (κ3) is 3.08. The zero-order valence-corrected chi connectivity index (χ0v) is 14.2. The van der Waals surface area contributed by atoms with Crippen LogP contribution in [0.3, 0.4) is 0 Å². The zero-order chi connectivity index (χ0) is 14.8. The van der Waals surface area contributed by atoms with Crippen molar-refractivity contribution in [2.75, 3.05) is 26.2 Å². The van der Waals surface area contributed by atoms with Gasteiger partial charge < -0.3 is 4.79 Å². The molecule has 1 aromatic carbocycles. The Balaban J connectivity index is 1.71. The molecule has 0 spiro atoms. The second kappa shape index (κ2) is 6.59. The van der Waals surface area contributed by atoms with Crippen molar-refractivity contribution < 1.29 is 4.79 Å². The second-order valence-electron chi connectivity index (χ2n) is 6.20. The molecule has 2 aliphatic heterocycles. The number of benzene rings is 1. The maximum absolute atomic E-state index is 11.6. The minimum absolute atomic E-state index is 0.0795. The molecule has 0 aliphatic carbocycles. The van der Waals surface area contributed by atoms with Crippen molar-refractivity contribution in [3.8, 4) is 0 Å². The van der Waals surface area contributed by atoms with E-state index in [0.29, 0.717) is 6.04 Å². The molecule has 0 amide bonds. The Hall–Kier alpha value is -0.710. The molecule has 0 aromatic heterocycles. The molecule has 2 aliphatic rings. The third-order valence-corrected chi connectivity index (χ3v) is 5.75. The van der Waals surface area contributed by atoms with Crippen LogP contribution in [0.15, 0.2) is 22.7 Å².